The smallest absolute Gasteiger partial charge is 0.383 e. The minimum absolute atomic E-state index is 0.0534. The highest BCUT2D eigenvalue weighted by atomic mass is 16.6. The van der Waals surface area contributed by atoms with Crippen LogP contribution in [0.25, 0.3) is 11.0 Å². The van der Waals surface area contributed by atoms with Crippen molar-refractivity contribution < 1.29 is 28.5 Å². The quantitative estimate of drug-likeness (QED) is 0.392. The summed E-state index contributed by atoms with van der Waals surface area (Å²) < 4.78 is 20.8. The summed E-state index contributed by atoms with van der Waals surface area (Å²) in [6.45, 7) is 4.03. The molecule has 0 radical (unpaired) electrons. The van der Waals surface area contributed by atoms with E-state index in [1.807, 2.05) is 0 Å². The molecule has 0 atom stereocenters. The Hall–Kier alpha value is -2.70. The van der Waals surface area contributed by atoms with E-state index in [0.717, 1.165) is 25.7 Å². The first-order chi connectivity index (χ1) is 12.6. The second kappa shape index (κ2) is 9.70. The molecule has 1 N–H and O–H groups in total. The van der Waals surface area contributed by atoms with Crippen LogP contribution in [-0.2, 0) is 9.53 Å². The first-order valence-electron chi connectivity index (χ1n) is 8.78. The molecule has 0 saturated carbocycles. The monoisotopic (exact) mass is 364 g/mol. The molecule has 1 aromatic heterocycles. The summed E-state index contributed by atoms with van der Waals surface area (Å²) in [5.74, 6) is -0.884. The summed E-state index contributed by atoms with van der Waals surface area (Å²) in [6.07, 6.45) is 3.95. The molecule has 0 aliphatic carbocycles. The van der Waals surface area contributed by atoms with Crippen molar-refractivity contribution in [2.45, 2.75) is 39.5 Å². The Morgan fingerprint density at radius 2 is 1.96 bits per heavy atom. The van der Waals surface area contributed by atoms with Gasteiger partial charge in [0.1, 0.15) is 0 Å². The van der Waals surface area contributed by atoms with Crippen LogP contribution in [0.2, 0.25) is 0 Å². The zero-order valence-corrected chi connectivity index (χ0v) is 15.1. The third-order valence-corrected chi connectivity index (χ3v) is 3.72. The van der Waals surface area contributed by atoms with Gasteiger partial charge < -0.3 is 23.7 Å². The molecular formula is C19H24O7. The molecule has 0 unspecified atom stereocenters. The fourth-order valence-corrected chi connectivity index (χ4v) is 2.45. The van der Waals surface area contributed by atoms with Crippen LogP contribution >= 0.6 is 0 Å². The van der Waals surface area contributed by atoms with E-state index in [-0.39, 0.29) is 41.4 Å². The summed E-state index contributed by atoms with van der Waals surface area (Å²) in [4.78, 5) is 23.6. The average molecular weight is 364 g/mol. The summed E-state index contributed by atoms with van der Waals surface area (Å²) in [5.41, 5.74) is -0.740. The standard InChI is InChI=1S/C19H24O7/c1-3-5-6-7-11-24-18-16(21)13-9-8-10-14(17(13)26-19(18)22)25-12-15(20)23-4-2/h8-10,21H,3-7,11-12H2,1-2H3. The van der Waals surface area contributed by atoms with Gasteiger partial charge in [0, 0.05) is 0 Å². The molecule has 0 fully saturated rings. The van der Waals surface area contributed by atoms with Gasteiger partial charge in [-0.2, -0.15) is 0 Å². The molecule has 26 heavy (non-hydrogen) atoms. The van der Waals surface area contributed by atoms with E-state index in [9.17, 15) is 14.7 Å². The predicted molar refractivity (Wildman–Crippen MR) is 95.9 cm³/mol. The number of carbonyl (C=O) groups is 1. The maximum absolute atomic E-state index is 12.2. The highest BCUT2D eigenvalue weighted by Crippen LogP contribution is 2.35. The lowest BCUT2D eigenvalue weighted by Gasteiger charge is -2.11. The van der Waals surface area contributed by atoms with Crippen molar-refractivity contribution in [3.05, 3.63) is 28.6 Å². The number of unbranched alkanes of at least 4 members (excludes halogenated alkanes) is 3. The van der Waals surface area contributed by atoms with Crippen molar-refractivity contribution in [3.63, 3.8) is 0 Å². The summed E-state index contributed by atoms with van der Waals surface area (Å²) >= 11 is 0. The molecule has 0 aliphatic rings. The number of para-hydroxylation sites is 1. The minimum Gasteiger partial charge on any atom is -0.504 e. The Labute approximate surface area is 151 Å². The van der Waals surface area contributed by atoms with Crippen LogP contribution in [0, 0.1) is 0 Å². The number of hydrogen-bond acceptors (Lipinski definition) is 7. The van der Waals surface area contributed by atoms with Gasteiger partial charge in [0.2, 0.25) is 5.75 Å². The Bertz CT molecular complexity index is 794. The van der Waals surface area contributed by atoms with Gasteiger partial charge >= 0.3 is 11.6 Å². The molecule has 0 saturated heterocycles. The fraction of sp³-hybridized carbons (Fsp3) is 0.474. The Kier molecular flexibility index (Phi) is 7.32. The molecule has 0 amide bonds. The maximum atomic E-state index is 12.2. The van der Waals surface area contributed by atoms with E-state index in [2.05, 4.69) is 6.92 Å². The molecule has 142 valence electrons. The summed E-state index contributed by atoms with van der Waals surface area (Å²) in [5, 5.41) is 10.7. The number of rotatable bonds is 10. The Balaban J connectivity index is 2.20. The number of hydrogen-bond donors (Lipinski definition) is 1. The van der Waals surface area contributed by atoms with E-state index < -0.39 is 11.6 Å². The molecule has 0 spiro atoms. The second-order valence-corrected chi connectivity index (χ2v) is 5.70. The molecule has 1 heterocycles. The van der Waals surface area contributed by atoms with Crippen LogP contribution in [0.15, 0.2) is 27.4 Å². The normalized spacial score (nSPS) is 10.7. The molecule has 0 bridgehead atoms. The number of aromatic hydroxyl groups is 1. The molecule has 1 aromatic carbocycles. The Morgan fingerprint density at radius 1 is 1.15 bits per heavy atom. The van der Waals surface area contributed by atoms with Gasteiger partial charge in [-0.1, -0.05) is 32.3 Å². The van der Waals surface area contributed by atoms with Crippen molar-refractivity contribution in [3.8, 4) is 17.2 Å². The summed E-state index contributed by atoms with van der Waals surface area (Å²) in [6, 6.07) is 4.73. The van der Waals surface area contributed by atoms with Crippen molar-refractivity contribution in [1.82, 2.24) is 0 Å². The lowest BCUT2D eigenvalue weighted by atomic mass is 10.2. The van der Waals surface area contributed by atoms with Gasteiger partial charge in [0.15, 0.2) is 23.7 Å². The van der Waals surface area contributed by atoms with Crippen LogP contribution in [-0.4, -0.2) is 30.9 Å². The third-order valence-electron chi connectivity index (χ3n) is 3.72. The number of carbonyl (C=O) groups excluding carboxylic acids is 1. The number of esters is 1. The van der Waals surface area contributed by atoms with Crippen molar-refractivity contribution >= 4 is 16.9 Å². The topological polar surface area (TPSA) is 95.2 Å². The van der Waals surface area contributed by atoms with Crippen molar-refractivity contribution in [2.24, 2.45) is 0 Å². The van der Waals surface area contributed by atoms with Crippen LogP contribution in [0.5, 0.6) is 17.2 Å². The van der Waals surface area contributed by atoms with E-state index in [1.165, 1.54) is 6.07 Å². The zero-order chi connectivity index (χ0) is 18.9. The number of ether oxygens (including phenoxy) is 3. The van der Waals surface area contributed by atoms with Crippen molar-refractivity contribution in [2.75, 3.05) is 19.8 Å². The number of benzene rings is 1. The highest BCUT2D eigenvalue weighted by Gasteiger charge is 2.18. The lowest BCUT2D eigenvalue weighted by molar-refractivity contribution is -0.145. The minimum atomic E-state index is -0.794. The van der Waals surface area contributed by atoms with Crippen molar-refractivity contribution in [1.29, 1.82) is 0 Å². The van der Waals surface area contributed by atoms with Gasteiger partial charge in [-0.3, -0.25) is 0 Å². The third kappa shape index (κ3) is 4.91. The molecule has 2 rings (SSSR count). The largest absolute Gasteiger partial charge is 0.504 e. The average Bonchev–Trinajstić information content (AvgIpc) is 2.62. The SMILES string of the molecule is CCCCCCOc1c(O)c2cccc(OCC(=O)OCC)c2oc1=O. The van der Waals surface area contributed by atoms with Gasteiger partial charge in [-0.15, -0.1) is 0 Å². The molecule has 0 aliphatic heterocycles. The van der Waals surface area contributed by atoms with Gasteiger partial charge in [0.05, 0.1) is 18.6 Å². The molecule has 7 nitrogen and oxygen atoms in total. The van der Waals surface area contributed by atoms with Crippen LogP contribution in [0.3, 0.4) is 0 Å². The van der Waals surface area contributed by atoms with E-state index in [0.29, 0.717) is 6.61 Å². The van der Waals surface area contributed by atoms with Crippen LogP contribution < -0.4 is 15.1 Å². The van der Waals surface area contributed by atoms with Gasteiger partial charge in [0.25, 0.3) is 0 Å². The van der Waals surface area contributed by atoms with Crippen LogP contribution in [0.4, 0.5) is 0 Å². The van der Waals surface area contributed by atoms with E-state index >= 15 is 0 Å². The predicted octanol–water partition coefficient (Wildman–Crippen LogP) is 3.40. The Morgan fingerprint density at radius 3 is 2.69 bits per heavy atom. The summed E-state index contributed by atoms with van der Waals surface area (Å²) in [7, 11) is 0. The maximum Gasteiger partial charge on any atom is 0.383 e. The highest BCUT2D eigenvalue weighted by molar-refractivity contribution is 5.89. The van der Waals surface area contributed by atoms with E-state index in [4.69, 9.17) is 18.6 Å². The lowest BCUT2D eigenvalue weighted by Crippen LogP contribution is -2.15. The molecule has 7 heteroatoms. The van der Waals surface area contributed by atoms with Gasteiger partial charge in [-0.25, -0.2) is 9.59 Å². The van der Waals surface area contributed by atoms with Gasteiger partial charge in [-0.05, 0) is 25.5 Å². The number of fused-ring (bicyclic) bond motifs is 1. The second-order valence-electron chi connectivity index (χ2n) is 5.70. The first kappa shape index (κ1) is 19.6. The van der Waals surface area contributed by atoms with Crippen LogP contribution in [0.1, 0.15) is 39.5 Å². The molecular weight excluding hydrogens is 340 g/mol. The first-order valence-corrected chi connectivity index (χ1v) is 8.78. The van der Waals surface area contributed by atoms with E-state index in [1.54, 1.807) is 19.1 Å². The molecule has 2 aromatic rings. The zero-order valence-electron chi connectivity index (χ0n) is 15.1. The fourth-order valence-electron chi connectivity index (χ4n) is 2.45.